The molecule has 0 aliphatic carbocycles. The molecule has 3 aromatic carbocycles. The van der Waals surface area contributed by atoms with Crippen LogP contribution in [0.5, 0.6) is 5.75 Å². The van der Waals surface area contributed by atoms with Gasteiger partial charge in [-0.05, 0) is 48.9 Å². The van der Waals surface area contributed by atoms with Crippen LogP contribution in [-0.4, -0.2) is 23.5 Å². The molecule has 0 saturated heterocycles. The summed E-state index contributed by atoms with van der Waals surface area (Å²) in [6.07, 6.45) is 0.266. The van der Waals surface area contributed by atoms with Crippen molar-refractivity contribution in [2.24, 2.45) is 0 Å². The van der Waals surface area contributed by atoms with Crippen molar-refractivity contribution >= 4 is 39.3 Å². The Balaban J connectivity index is 1.34. The van der Waals surface area contributed by atoms with Crippen LogP contribution in [0.4, 0.5) is 5.69 Å². The van der Waals surface area contributed by atoms with E-state index in [2.05, 4.69) is 34.3 Å². The molecule has 0 aliphatic rings. The number of para-hydroxylation sites is 1. The minimum absolute atomic E-state index is 0.128. The van der Waals surface area contributed by atoms with Crippen molar-refractivity contribution in [1.29, 1.82) is 0 Å². The number of methoxy groups -OCH3 is 1. The lowest BCUT2D eigenvalue weighted by Gasteiger charge is -2.08. The summed E-state index contributed by atoms with van der Waals surface area (Å²) in [6, 6.07) is 21.7. The van der Waals surface area contributed by atoms with Crippen molar-refractivity contribution in [3.05, 3.63) is 72.3 Å². The summed E-state index contributed by atoms with van der Waals surface area (Å²) in [7, 11) is 1.61. The number of anilines is 1. The lowest BCUT2D eigenvalue weighted by atomic mass is 10.1. The number of ether oxygens (including phenoxy) is 1. The molecule has 0 bridgehead atoms. The van der Waals surface area contributed by atoms with Crippen LogP contribution in [0.2, 0.25) is 0 Å². The zero-order valence-electron chi connectivity index (χ0n) is 18.4. The number of aromatic nitrogens is 1. The summed E-state index contributed by atoms with van der Waals surface area (Å²) >= 11 is 0. The highest BCUT2D eigenvalue weighted by atomic mass is 16.5. The number of carbonyl (C=O) groups is 2. The van der Waals surface area contributed by atoms with Crippen molar-refractivity contribution in [2.45, 2.75) is 32.9 Å². The van der Waals surface area contributed by atoms with E-state index < -0.39 is 0 Å². The highest BCUT2D eigenvalue weighted by Crippen LogP contribution is 2.31. The number of fused-ring (bicyclic) bond motifs is 3. The smallest absolute Gasteiger partial charge is 0.224 e. The molecule has 0 saturated carbocycles. The number of aryl methyl sites for hydroxylation is 1. The maximum atomic E-state index is 12.4. The maximum absolute atomic E-state index is 12.4. The van der Waals surface area contributed by atoms with E-state index in [-0.39, 0.29) is 24.7 Å². The fourth-order valence-corrected chi connectivity index (χ4v) is 3.96. The van der Waals surface area contributed by atoms with Gasteiger partial charge >= 0.3 is 0 Å². The number of carbonyl (C=O) groups excluding carboxylic acids is 2. The topological polar surface area (TPSA) is 72.4 Å². The van der Waals surface area contributed by atoms with Gasteiger partial charge in [0.05, 0.1) is 7.11 Å². The quantitative estimate of drug-likeness (QED) is 0.420. The molecule has 2 N–H and O–H groups in total. The number of rotatable bonds is 8. The first-order valence-electron chi connectivity index (χ1n) is 10.8. The van der Waals surface area contributed by atoms with Gasteiger partial charge in [0.15, 0.2) is 0 Å². The third kappa shape index (κ3) is 4.59. The Kier molecular flexibility index (Phi) is 6.40. The van der Waals surface area contributed by atoms with Crippen LogP contribution in [0, 0.1) is 0 Å². The van der Waals surface area contributed by atoms with Crippen LogP contribution < -0.4 is 15.4 Å². The Morgan fingerprint density at radius 2 is 1.59 bits per heavy atom. The fourth-order valence-electron chi connectivity index (χ4n) is 3.96. The Bertz CT molecular complexity index is 1260. The van der Waals surface area contributed by atoms with Gasteiger partial charge in [0.1, 0.15) is 5.75 Å². The van der Waals surface area contributed by atoms with E-state index in [0.29, 0.717) is 6.54 Å². The first kappa shape index (κ1) is 21.4. The molecule has 4 rings (SSSR count). The van der Waals surface area contributed by atoms with Gasteiger partial charge in [-0.1, -0.05) is 30.3 Å². The minimum atomic E-state index is -0.178. The summed E-state index contributed by atoms with van der Waals surface area (Å²) < 4.78 is 7.39. The van der Waals surface area contributed by atoms with E-state index in [4.69, 9.17) is 4.74 Å². The molecule has 0 fully saturated rings. The lowest BCUT2D eigenvalue weighted by molar-refractivity contribution is -0.124. The molecule has 6 nitrogen and oxygen atoms in total. The van der Waals surface area contributed by atoms with Gasteiger partial charge < -0.3 is 19.9 Å². The van der Waals surface area contributed by atoms with E-state index in [1.807, 2.05) is 54.6 Å². The molecule has 0 aliphatic heterocycles. The lowest BCUT2D eigenvalue weighted by Crippen LogP contribution is -2.24. The van der Waals surface area contributed by atoms with E-state index in [9.17, 15) is 9.59 Å². The predicted octanol–water partition coefficient (Wildman–Crippen LogP) is 4.86. The van der Waals surface area contributed by atoms with Crippen molar-refractivity contribution < 1.29 is 14.3 Å². The average molecular weight is 430 g/mol. The first-order chi connectivity index (χ1) is 15.6. The van der Waals surface area contributed by atoms with Crippen LogP contribution in [0.25, 0.3) is 21.8 Å². The second-order valence-electron chi connectivity index (χ2n) is 7.67. The Hall–Kier alpha value is -3.80. The highest BCUT2D eigenvalue weighted by Gasteiger charge is 2.12. The summed E-state index contributed by atoms with van der Waals surface area (Å²) in [5, 5.41) is 8.05. The Labute approximate surface area is 187 Å². The zero-order chi connectivity index (χ0) is 22.5. The Morgan fingerprint density at radius 1 is 0.875 bits per heavy atom. The molecule has 6 heteroatoms. The number of amides is 2. The normalized spacial score (nSPS) is 10.9. The third-order valence-electron chi connectivity index (χ3n) is 5.60. The standard InChI is InChI=1S/C26H27N3O3/c1-3-29-23-7-5-4-6-21(23)22-16-19(10-13-24(22)29)28-26(31)15-14-25(30)27-17-18-8-11-20(32-2)12-9-18/h4-13,16H,3,14-15,17H2,1-2H3,(H,27,30)(H,28,31). The van der Waals surface area contributed by atoms with Gasteiger partial charge in [0.2, 0.25) is 11.8 Å². The maximum Gasteiger partial charge on any atom is 0.224 e. The monoisotopic (exact) mass is 429 g/mol. The number of hydrogen-bond acceptors (Lipinski definition) is 3. The van der Waals surface area contributed by atoms with Crippen molar-refractivity contribution in [2.75, 3.05) is 12.4 Å². The summed E-state index contributed by atoms with van der Waals surface area (Å²) in [6.45, 7) is 3.42. The predicted molar refractivity (Wildman–Crippen MR) is 128 cm³/mol. The second-order valence-corrected chi connectivity index (χ2v) is 7.67. The van der Waals surface area contributed by atoms with E-state index >= 15 is 0 Å². The molecule has 0 unspecified atom stereocenters. The molecule has 1 heterocycles. The molecule has 2 amide bonds. The van der Waals surface area contributed by atoms with Crippen molar-refractivity contribution in [3.63, 3.8) is 0 Å². The van der Waals surface area contributed by atoms with Gasteiger partial charge in [-0.25, -0.2) is 0 Å². The first-order valence-corrected chi connectivity index (χ1v) is 10.8. The minimum Gasteiger partial charge on any atom is -0.497 e. The molecule has 32 heavy (non-hydrogen) atoms. The molecular weight excluding hydrogens is 402 g/mol. The van der Waals surface area contributed by atoms with Crippen molar-refractivity contribution in [3.8, 4) is 5.75 Å². The highest BCUT2D eigenvalue weighted by molar-refractivity contribution is 6.09. The van der Waals surface area contributed by atoms with Crippen LogP contribution in [0.3, 0.4) is 0 Å². The molecule has 0 spiro atoms. The molecule has 164 valence electrons. The van der Waals surface area contributed by atoms with Crippen LogP contribution in [0.15, 0.2) is 66.7 Å². The Morgan fingerprint density at radius 3 is 2.34 bits per heavy atom. The largest absolute Gasteiger partial charge is 0.497 e. The van der Waals surface area contributed by atoms with E-state index in [1.54, 1.807) is 7.11 Å². The number of nitrogens with zero attached hydrogens (tertiary/aromatic N) is 1. The van der Waals surface area contributed by atoms with Gasteiger partial charge in [0, 0.05) is 53.4 Å². The van der Waals surface area contributed by atoms with Gasteiger partial charge in [-0.15, -0.1) is 0 Å². The average Bonchev–Trinajstić information content (AvgIpc) is 3.14. The molecule has 0 radical (unpaired) electrons. The second kappa shape index (κ2) is 9.56. The number of nitrogens with one attached hydrogen (secondary N) is 2. The number of benzene rings is 3. The third-order valence-corrected chi connectivity index (χ3v) is 5.60. The summed E-state index contributed by atoms with van der Waals surface area (Å²) in [4.78, 5) is 24.5. The SMILES string of the molecule is CCn1c2ccccc2c2cc(NC(=O)CCC(=O)NCc3ccc(OC)cc3)ccc21. The van der Waals surface area contributed by atoms with Gasteiger partial charge in [0.25, 0.3) is 0 Å². The number of hydrogen-bond donors (Lipinski definition) is 2. The molecule has 0 atom stereocenters. The van der Waals surface area contributed by atoms with Crippen molar-refractivity contribution in [1.82, 2.24) is 9.88 Å². The summed E-state index contributed by atoms with van der Waals surface area (Å²) in [5.74, 6) is 0.440. The molecule has 1 aromatic heterocycles. The van der Waals surface area contributed by atoms with E-state index in [0.717, 1.165) is 34.4 Å². The van der Waals surface area contributed by atoms with Gasteiger partial charge in [-0.2, -0.15) is 0 Å². The van der Waals surface area contributed by atoms with E-state index in [1.165, 1.54) is 10.9 Å². The van der Waals surface area contributed by atoms with Gasteiger partial charge in [-0.3, -0.25) is 9.59 Å². The summed E-state index contributed by atoms with van der Waals surface area (Å²) in [5.41, 5.74) is 4.04. The molecular formula is C26H27N3O3. The van der Waals surface area contributed by atoms with Crippen LogP contribution in [-0.2, 0) is 22.7 Å². The zero-order valence-corrected chi connectivity index (χ0v) is 18.4. The molecule has 4 aromatic rings. The van der Waals surface area contributed by atoms with Crippen LogP contribution in [0.1, 0.15) is 25.3 Å². The fraction of sp³-hybridized carbons (Fsp3) is 0.231. The van der Waals surface area contributed by atoms with Crippen LogP contribution >= 0.6 is 0 Å².